The Bertz CT molecular complexity index is 2510. The lowest BCUT2D eigenvalue weighted by atomic mass is 9.52. The second kappa shape index (κ2) is 29.5. The number of unbranched alkanes of at least 4 members (excludes halogenated alkanes) is 1. The highest BCUT2D eigenvalue weighted by atomic mass is 16.5. The number of hydrogen-bond donors (Lipinski definition) is 11. The molecular formula is C58H87N13O10. The Labute approximate surface area is 475 Å². The number of carbonyl (C=O) groups excluding carboxylic acids is 9. The zero-order valence-electron chi connectivity index (χ0n) is 47.5. The minimum atomic E-state index is -1.63. The molecule has 444 valence electrons. The van der Waals surface area contributed by atoms with Crippen LogP contribution in [0.1, 0.15) is 129 Å². The van der Waals surface area contributed by atoms with E-state index in [1.807, 2.05) is 6.92 Å². The molecule has 0 spiro atoms. The predicted octanol–water partition coefficient (Wildman–Crippen LogP) is 0.880. The SMILES string of the molecule is CCOc1ccc(C[C@H](N)C(=O)N[C@@H](Cc2ccccc2)C(=O)N[C@H](C(=O)N[C@@H](CC(N)=O)C(=O)N[C@@H](CCCCN)C(=O)N2CCC[C@H]2C(=O)N[C@@H](CCCNC(=N)N)C(=O)N(C(C)=O)C23CC4CC(CC(C4)C2)C3)C(C)C)cc1. The zero-order chi connectivity index (χ0) is 59.0. The van der Waals surface area contributed by atoms with Gasteiger partial charge in [0.25, 0.3) is 5.91 Å². The van der Waals surface area contributed by atoms with Crippen LogP contribution in [-0.4, -0.2) is 143 Å². The van der Waals surface area contributed by atoms with Gasteiger partial charge in [0.1, 0.15) is 42.0 Å². The van der Waals surface area contributed by atoms with Gasteiger partial charge in [0.15, 0.2) is 5.96 Å². The molecule has 4 saturated carbocycles. The molecule has 2 aromatic rings. The number of carbonyl (C=O) groups is 9. The maximum atomic E-state index is 14.8. The van der Waals surface area contributed by atoms with E-state index in [0.717, 1.165) is 44.1 Å². The van der Waals surface area contributed by atoms with Gasteiger partial charge in [0.05, 0.1) is 24.6 Å². The van der Waals surface area contributed by atoms with Crippen LogP contribution < -0.4 is 59.6 Å². The summed E-state index contributed by atoms with van der Waals surface area (Å²) >= 11 is 0. The van der Waals surface area contributed by atoms with Crippen LogP contribution >= 0.6 is 0 Å². The third-order valence-electron chi connectivity index (χ3n) is 16.2. The Balaban J connectivity index is 1.16. The highest BCUT2D eigenvalue weighted by Crippen LogP contribution is 2.58. The monoisotopic (exact) mass is 1130 g/mol. The van der Waals surface area contributed by atoms with Crippen LogP contribution in [0.5, 0.6) is 5.75 Å². The normalized spacial score (nSPS) is 22.0. The molecule has 1 aliphatic heterocycles. The number of guanidine groups is 1. The number of hydrogen-bond acceptors (Lipinski definition) is 13. The number of rotatable bonds is 30. The second-order valence-electron chi connectivity index (χ2n) is 23.0. The fourth-order valence-electron chi connectivity index (χ4n) is 12.8. The van der Waals surface area contributed by atoms with Crippen LogP contribution in [0, 0.1) is 29.1 Å². The first-order valence-electron chi connectivity index (χ1n) is 28.9. The number of imide groups is 1. The molecule has 2 aromatic carbocycles. The van der Waals surface area contributed by atoms with E-state index >= 15 is 0 Å². The minimum absolute atomic E-state index is 0.0330. The van der Waals surface area contributed by atoms with Gasteiger partial charge in [-0.3, -0.25) is 53.5 Å². The molecule has 0 unspecified atom stereocenters. The molecule has 23 heteroatoms. The van der Waals surface area contributed by atoms with Crippen molar-refractivity contribution in [3.63, 3.8) is 0 Å². The maximum Gasteiger partial charge on any atom is 0.252 e. The van der Waals surface area contributed by atoms with Crippen molar-refractivity contribution in [2.75, 3.05) is 26.2 Å². The van der Waals surface area contributed by atoms with Gasteiger partial charge in [-0.25, -0.2) is 0 Å². The number of likely N-dealkylation sites (tertiary alicyclic amines) is 1. The average molecular weight is 1130 g/mol. The number of nitrogens with one attached hydrogen (secondary N) is 7. The summed E-state index contributed by atoms with van der Waals surface area (Å²) < 4.78 is 5.52. The van der Waals surface area contributed by atoms with Crippen LogP contribution in [0.4, 0.5) is 0 Å². The molecule has 7 atom stereocenters. The van der Waals surface area contributed by atoms with Gasteiger partial charge in [-0.1, -0.05) is 56.3 Å². The molecule has 5 fully saturated rings. The highest BCUT2D eigenvalue weighted by molar-refractivity contribution is 6.01. The summed E-state index contributed by atoms with van der Waals surface area (Å²) in [6.07, 6.45) is 6.88. The average Bonchev–Trinajstić information content (AvgIpc) is 4.07. The molecule has 9 amide bonds. The third-order valence-corrected chi connectivity index (χ3v) is 16.2. The largest absolute Gasteiger partial charge is 0.494 e. The number of primary amides is 1. The number of ether oxygens (including phenoxy) is 1. The van der Waals surface area contributed by atoms with Crippen LogP contribution in [0.3, 0.4) is 0 Å². The van der Waals surface area contributed by atoms with Crippen LogP contribution in [0.15, 0.2) is 54.6 Å². The Morgan fingerprint density at radius 3 is 1.90 bits per heavy atom. The maximum absolute atomic E-state index is 14.8. The second-order valence-corrected chi connectivity index (χ2v) is 23.0. The minimum Gasteiger partial charge on any atom is -0.494 e. The summed E-state index contributed by atoms with van der Waals surface area (Å²) in [5.74, 6) is -5.15. The molecule has 4 bridgehead atoms. The fraction of sp³-hybridized carbons (Fsp3) is 0.621. The van der Waals surface area contributed by atoms with E-state index in [1.54, 1.807) is 68.4 Å². The molecule has 1 heterocycles. The lowest BCUT2D eigenvalue weighted by Crippen LogP contribution is -2.66. The van der Waals surface area contributed by atoms with Crippen molar-refractivity contribution in [2.45, 2.75) is 178 Å². The first kappa shape index (κ1) is 63.0. The van der Waals surface area contributed by atoms with Gasteiger partial charge >= 0.3 is 0 Å². The first-order valence-corrected chi connectivity index (χ1v) is 28.9. The molecular weight excluding hydrogens is 1040 g/mol. The molecule has 15 N–H and O–H groups in total. The summed E-state index contributed by atoms with van der Waals surface area (Å²) in [6, 6.07) is 7.39. The fourth-order valence-corrected chi connectivity index (χ4v) is 12.8. The van der Waals surface area contributed by atoms with E-state index in [9.17, 15) is 43.2 Å². The summed E-state index contributed by atoms with van der Waals surface area (Å²) in [6.45, 7) is 7.70. The summed E-state index contributed by atoms with van der Waals surface area (Å²) in [5.41, 5.74) is 24.2. The standard InChI is InChI=1S/C58H87N13O10/c1-5-81-41-20-18-37(19-21-41)28-42(60)50(74)67-45(29-36-13-7-6-8-14-36)52(76)69-49(34(2)3)54(78)68-46(30-48(61)73)51(75)65-43(15-9-10-22-59)55(79)70-24-12-17-47(70)53(77)66-44(16-11-23-64-57(62)63)56(80)71(35(4)72)58-31-38-25-39(32-58)27-40(26-38)33-58/h6-8,13-14,18-21,34,38-40,42-47,49H,5,9-12,15-17,22-33,59-60H2,1-4H3,(H2,61,73)(H,65,75)(H,66,77)(H,67,74)(H,68,78)(H,69,76)(H4,62,63,64)/t38?,39?,40?,42-,43-,44-,45-,46-,47-,49-,58?/m0/s1. The zero-order valence-corrected chi connectivity index (χ0v) is 47.5. The third kappa shape index (κ3) is 17.4. The molecule has 1 saturated heterocycles. The van der Waals surface area contributed by atoms with E-state index in [1.165, 1.54) is 16.7 Å². The topological polar surface area (TPSA) is 369 Å². The predicted molar refractivity (Wildman–Crippen MR) is 303 cm³/mol. The Morgan fingerprint density at radius 2 is 1.32 bits per heavy atom. The molecule has 81 heavy (non-hydrogen) atoms. The molecule has 5 aliphatic rings. The van der Waals surface area contributed by atoms with Crippen LogP contribution in [-0.2, 0) is 56.0 Å². The summed E-state index contributed by atoms with van der Waals surface area (Å²) in [5, 5.41) is 24.1. The molecule has 0 aromatic heterocycles. The Morgan fingerprint density at radius 1 is 0.728 bits per heavy atom. The first-order chi connectivity index (χ1) is 38.6. The molecule has 0 radical (unpaired) electrons. The summed E-state index contributed by atoms with van der Waals surface area (Å²) in [4.78, 5) is 129. The van der Waals surface area contributed by atoms with Gasteiger partial charge in [0, 0.05) is 26.4 Å². The molecule has 4 aliphatic carbocycles. The quantitative estimate of drug-likeness (QED) is 0.0294. The molecule has 23 nitrogen and oxygen atoms in total. The van der Waals surface area contributed by atoms with Crippen LogP contribution in [0.2, 0.25) is 0 Å². The van der Waals surface area contributed by atoms with Gasteiger partial charge in [-0.05, 0) is 150 Å². The van der Waals surface area contributed by atoms with Crippen LogP contribution in [0.25, 0.3) is 0 Å². The molecule has 7 rings (SSSR count). The highest BCUT2D eigenvalue weighted by Gasteiger charge is 2.56. The number of nitrogens with two attached hydrogens (primary N) is 4. The van der Waals surface area contributed by atoms with Crippen molar-refractivity contribution >= 4 is 59.1 Å². The van der Waals surface area contributed by atoms with Gasteiger partial charge in [0.2, 0.25) is 47.3 Å². The Hall–Kier alpha value is -7.14. The van der Waals surface area contributed by atoms with E-state index < -0.39 is 113 Å². The van der Waals surface area contributed by atoms with Crippen molar-refractivity contribution in [1.82, 2.24) is 41.7 Å². The smallest absolute Gasteiger partial charge is 0.252 e. The van der Waals surface area contributed by atoms with Crippen molar-refractivity contribution in [3.05, 3.63) is 65.7 Å². The summed E-state index contributed by atoms with van der Waals surface area (Å²) in [7, 11) is 0. The lowest BCUT2D eigenvalue weighted by molar-refractivity contribution is -0.165. The number of amides is 9. The van der Waals surface area contributed by atoms with E-state index in [2.05, 4.69) is 31.9 Å². The van der Waals surface area contributed by atoms with Gasteiger partial charge in [-0.15, -0.1) is 0 Å². The van der Waals surface area contributed by atoms with E-state index in [4.69, 9.17) is 33.1 Å². The van der Waals surface area contributed by atoms with Gasteiger partial charge < -0.3 is 64.5 Å². The van der Waals surface area contributed by atoms with Gasteiger partial charge in [-0.2, -0.15) is 0 Å². The number of nitrogens with zero attached hydrogens (tertiary/aromatic N) is 2. The van der Waals surface area contributed by atoms with Crippen molar-refractivity contribution < 1.29 is 47.9 Å². The lowest BCUT2D eigenvalue weighted by Gasteiger charge is -2.60. The van der Waals surface area contributed by atoms with Crippen molar-refractivity contribution in [3.8, 4) is 5.75 Å². The van der Waals surface area contributed by atoms with Crippen molar-refractivity contribution in [1.29, 1.82) is 5.41 Å². The van der Waals surface area contributed by atoms with Crippen molar-refractivity contribution in [2.24, 2.45) is 46.6 Å². The van der Waals surface area contributed by atoms with E-state index in [0.29, 0.717) is 61.4 Å². The number of benzene rings is 2. The Kier molecular flexibility index (Phi) is 23.0. The van der Waals surface area contributed by atoms with E-state index in [-0.39, 0.29) is 57.7 Å².